The largest absolute Gasteiger partial charge is 0.484 e. The van der Waals surface area contributed by atoms with E-state index in [4.69, 9.17) is 13.3 Å². The van der Waals surface area contributed by atoms with Crippen molar-refractivity contribution in [2.24, 2.45) is 0 Å². The van der Waals surface area contributed by atoms with Crippen LogP contribution in [-0.2, 0) is 13.3 Å². The fourth-order valence-electron chi connectivity index (χ4n) is 1.40. The number of rotatable bonds is 7. The zero-order valence-electron chi connectivity index (χ0n) is 9.42. The Labute approximate surface area is 83.3 Å². The maximum atomic E-state index is 5.88. The SMILES string of the molecule is CCC(CC)(CC)O[SiH](OC)OC. The summed E-state index contributed by atoms with van der Waals surface area (Å²) in [7, 11) is 1.42. The van der Waals surface area contributed by atoms with Crippen LogP contribution in [0.15, 0.2) is 0 Å². The molecule has 0 heterocycles. The first-order valence-electron chi connectivity index (χ1n) is 4.91. The zero-order chi connectivity index (χ0) is 10.3. The molecule has 0 aromatic carbocycles. The van der Waals surface area contributed by atoms with E-state index in [0.29, 0.717) is 0 Å². The van der Waals surface area contributed by atoms with Crippen LogP contribution in [0.3, 0.4) is 0 Å². The van der Waals surface area contributed by atoms with E-state index in [1.807, 2.05) is 0 Å². The molecule has 13 heavy (non-hydrogen) atoms. The van der Waals surface area contributed by atoms with Crippen LogP contribution in [0.1, 0.15) is 40.0 Å². The molecule has 0 spiro atoms. The van der Waals surface area contributed by atoms with Gasteiger partial charge in [-0.05, 0) is 19.3 Å². The minimum atomic E-state index is -1.87. The van der Waals surface area contributed by atoms with Gasteiger partial charge in [0.05, 0.1) is 5.60 Å². The van der Waals surface area contributed by atoms with E-state index in [9.17, 15) is 0 Å². The third kappa shape index (κ3) is 3.77. The maximum Gasteiger partial charge on any atom is 0.484 e. The Balaban J connectivity index is 4.21. The van der Waals surface area contributed by atoms with Gasteiger partial charge in [-0.3, -0.25) is 0 Å². The maximum absolute atomic E-state index is 5.88. The molecule has 0 bridgehead atoms. The van der Waals surface area contributed by atoms with E-state index in [1.165, 1.54) is 0 Å². The minimum Gasteiger partial charge on any atom is -0.379 e. The van der Waals surface area contributed by atoms with E-state index in [1.54, 1.807) is 14.2 Å². The first-order valence-corrected chi connectivity index (χ1v) is 6.32. The molecule has 0 amide bonds. The van der Waals surface area contributed by atoms with Gasteiger partial charge in [-0.25, -0.2) is 0 Å². The third-order valence-corrected chi connectivity index (χ3v) is 4.13. The zero-order valence-corrected chi connectivity index (χ0v) is 10.6. The van der Waals surface area contributed by atoms with E-state index in [2.05, 4.69) is 20.8 Å². The average Bonchev–Trinajstić information content (AvgIpc) is 2.21. The van der Waals surface area contributed by atoms with Crippen LogP contribution in [0.4, 0.5) is 0 Å². The Morgan fingerprint density at radius 2 is 1.31 bits per heavy atom. The summed E-state index contributed by atoms with van der Waals surface area (Å²) in [5, 5.41) is 0. The molecule has 0 saturated heterocycles. The van der Waals surface area contributed by atoms with Crippen molar-refractivity contribution in [1.29, 1.82) is 0 Å². The van der Waals surface area contributed by atoms with Crippen molar-refractivity contribution in [3.05, 3.63) is 0 Å². The Morgan fingerprint density at radius 3 is 1.54 bits per heavy atom. The van der Waals surface area contributed by atoms with Crippen molar-refractivity contribution in [2.45, 2.75) is 45.6 Å². The second-order valence-electron chi connectivity index (χ2n) is 3.12. The van der Waals surface area contributed by atoms with Gasteiger partial charge in [0.1, 0.15) is 0 Å². The van der Waals surface area contributed by atoms with Gasteiger partial charge in [-0.2, -0.15) is 0 Å². The number of hydrogen-bond donors (Lipinski definition) is 0. The van der Waals surface area contributed by atoms with Crippen LogP contribution in [0.5, 0.6) is 0 Å². The van der Waals surface area contributed by atoms with Crippen LogP contribution in [0.2, 0.25) is 0 Å². The summed E-state index contributed by atoms with van der Waals surface area (Å²) in [5.74, 6) is 0. The number of hydrogen-bond acceptors (Lipinski definition) is 3. The minimum absolute atomic E-state index is 0.0388. The predicted molar refractivity (Wildman–Crippen MR) is 55.9 cm³/mol. The van der Waals surface area contributed by atoms with Gasteiger partial charge in [-0.15, -0.1) is 0 Å². The van der Waals surface area contributed by atoms with Gasteiger partial charge < -0.3 is 13.3 Å². The lowest BCUT2D eigenvalue weighted by molar-refractivity contribution is -0.00490. The molecule has 0 fully saturated rings. The molecule has 0 saturated carbocycles. The molecule has 0 aromatic heterocycles. The lowest BCUT2D eigenvalue weighted by Gasteiger charge is -2.33. The lowest BCUT2D eigenvalue weighted by atomic mass is 9.95. The molecule has 4 heteroatoms. The van der Waals surface area contributed by atoms with E-state index < -0.39 is 9.53 Å². The first kappa shape index (κ1) is 13.1. The molecule has 80 valence electrons. The fourth-order valence-corrected chi connectivity index (χ4v) is 2.69. The van der Waals surface area contributed by atoms with E-state index in [-0.39, 0.29) is 5.60 Å². The van der Waals surface area contributed by atoms with Gasteiger partial charge in [0.25, 0.3) is 0 Å². The summed E-state index contributed by atoms with van der Waals surface area (Å²) in [6.45, 7) is 6.43. The Bertz CT molecular complexity index is 114. The second kappa shape index (κ2) is 6.54. The molecular weight excluding hydrogens is 184 g/mol. The summed E-state index contributed by atoms with van der Waals surface area (Å²) in [4.78, 5) is 0. The molecule has 0 unspecified atom stereocenters. The Kier molecular flexibility index (Phi) is 6.58. The Morgan fingerprint density at radius 1 is 0.923 bits per heavy atom. The van der Waals surface area contributed by atoms with Gasteiger partial charge >= 0.3 is 9.53 Å². The van der Waals surface area contributed by atoms with Crippen molar-refractivity contribution >= 4 is 9.53 Å². The van der Waals surface area contributed by atoms with Crippen molar-refractivity contribution in [3.8, 4) is 0 Å². The Hall–Kier alpha value is 0.0969. The molecule has 3 nitrogen and oxygen atoms in total. The predicted octanol–water partition coefficient (Wildman–Crippen LogP) is 1.98. The molecule has 0 aliphatic carbocycles. The highest BCUT2D eigenvalue weighted by molar-refractivity contribution is 6.36. The monoisotopic (exact) mass is 206 g/mol. The highest BCUT2D eigenvalue weighted by atomic mass is 28.3. The summed E-state index contributed by atoms with van der Waals surface area (Å²) >= 11 is 0. The average molecular weight is 206 g/mol. The van der Waals surface area contributed by atoms with Crippen molar-refractivity contribution in [3.63, 3.8) is 0 Å². The third-order valence-electron chi connectivity index (χ3n) is 2.66. The van der Waals surface area contributed by atoms with Crippen LogP contribution >= 0.6 is 0 Å². The second-order valence-corrected chi connectivity index (χ2v) is 4.88. The highest BCUT2D eigenvalue weighted by Gasteiger charge is 2.30. The van der Waals surface area contributed by atoms with Gasteiger partial charge in [0.15, 0.2) is 0 Å². The smallest absolute Gasteiger partial charge is 0.379 e. The summed E-state index contributed by atoms with van der Waals surface area (Å²) in [6, 6.07) is 0. The molecule has 0 radical (unpaired) electrons. The van der Waals surface area contributed by atoms with Crippen molar-refractivity contribution in [1.82, 2.24) is 0 Å². The lowest BCUT2D eigenvalue weighted by Crippen LogP contribution is -2.39. The van der Waals surface area contributed by atoms with Crippen molar-refractivity contribution in [2.75, 3.05) is 14.2 Å². The molecular formula is C9H22O3Si. The standard InChI is InChI=1S/C9H22O3Si/c1-6-9(7-2,8-3)12-13(10-4)11-5/h13H,6-8H2,1-5H3. The van der Waals surface area contributed by atoms with Crippen LogP contribution in [0, 0.1) is 0 Å². The molecule has 0 aliphatic rings. The topological polar surface area (TPSA) is 27.7 Å². The van der Waals surface area contributed by atoms with Crippen LogP contribution < -0.4 is 0 Å². The van der Waals surface area contributed by atoms with Crippen molar-refractivity contribution < 1.29 is 13.3 Å². The van der Waals surface area contributed by atoms with E-state index >= 15 is 0 Å². The highest BCUT2D eigenvalue weighted by Crippen LogP contribution is 2.25. The van der Waals surface area contributed by atoms with Gasteiger partial charge in [-0.1, -0.05) is 20.8 Å². The summed E-state index contributed by atoms with van der Waals surface area (Å²) in [6.07, 6.45) is 3.03. The summed E-state index contributed by atoms with van der Waals surface area (Å²) < 4.78 is 16.2. The molecule has 0 aliphatic heterocycles. The summed E-state index contributed by atoms with van der Waals surface area (Å²) in [5.41, 5.74) is -0.0388. The fraction of sp³-hybridized carbons (Fsp3) is 1.00. The van der Waals surface area contributed by atoms with Crippen LogP contribution in [-0.4, -0.2) is 29.3 Å². The van der Waals surface area contributed by atoms with Gasteiger partial charge in [0, 0.05) is 14.2 Å². The molecule has 0 rings (SSSR count). The van der Waals surface area contributed by atoms with Crippen LogP contribution in [0.25, 0.3) is 0 Å². The molecule has 0 aromatic rings. The van der Waals surface area contributed by atoms with E-state index in [0.717, 1.165) is 19.3 Å². The van der Waals surface area contributed by atoms with Gasteiger partial charge in [0.2, 0.25) is 0 Å². The molecule has 0 N–H and O–H groups in total. The molecule has 0 atom stereocenters. The normalized spacial score (nSPS) is 12.5. The quantitative estimate of drug-likeness (QED) is 0.596. The first-order chi connectivity index (χ1) is 6.17.